The topological polar surface area (TPSA) is 69.4 Å². The molecule has 4 nitrogen and oxygen atoms in total. The van der Waals surface area contributed by atoms with Crippen molar-refractivity contribution in [2.75, 3.05) is 6.61 Å². The molecule has 0 aliphatic carbocycles. The molecule has 2 N–H and O–H groups in total. The lowest BCUT2D eigenvalue weighted by Gasteiger charge is -2.23. The van der Waals surface area contributed by atoms with Crippen molar-refractivity contribution in [1.82, 2.24) is 0 Å². The van der Waals surface area contributed by atoms with Gasteiger partial charge in [-0.05, 0) is 37.3 Å². The minimum atomic E-state index is -3.64. The Kier molecular flexibility index (Phi) is 3.81. The van der Waals surface area contributed by atoms with Gasteiger partial charge in [0.2, 0.25) is 10.0 Å². The van der Waals surface area contributed by atoms with Crippen LogP contribution in [0.1, 0.15) is 24.8 Å². The zero-order valence-electron chi connectivity index (χ0n) is 9.63. The molecular formula is C12H17NO3S. The summed E-state index contributed by atoms with van der Waals surface area (Å²) in [5.74, 6) is 0. The van der Waals surface area contributed by atoms with E-state index in [0.29, 0.717) is 6.42 Å². The summed E-state index contributed by atoms with van der Waals surface area (Å²) in [6.07, 6.45) is 3.95. The molecule has 0 spiro atoms. The van der Waals surface area contributed by atoms with Crippen molar-refractivity contribution in [2.24, 2.45) is 5.14 Å². The monoisotopic (exact) mass is 255 g/mol. The van der Waals surface area contributed by atoms with Crippen molar-refractivity contribution in [3.63, 3.8) is 0 Å². The van der Waals surface area contributed by atoms with Crippen LogP contribution in [0.2, 0.25) is 0 Å². The lowest BCUT2D eigenvalue weighted by atomic mass is 10.0. The van der Waals surface area contributed by atoms with Crippen molar-refractivity contribution >= 4 is 10.0 Å². The number of ether oxygens (including phenoxy) is 1. The Morgan fingerprint density at radius 3 is 2.71 bits per heavy atom. The zero-order chi connectivity index (χ0) is 12.3. The Morgan fingerprint density at radius 2 is 2.06 bits per heavy atom. The second-order valence-corrected chi connectivity index (χ2v) is 5.88. The maximum Gasteiger partial charge on any atom is 0.238 e. The summed E-state index contributed by atoms with van der Waals surface area (Å²) >= 11 is 0. The third-order valence-corrected chi connectivity index (χ3v) is 4.01. The number of sulfonamides is 1. The van der Waals surface area contributed by atoms with Gasteiger partial charge in [0, 0.05) is 6.61 Å². The van der Waals surface area contributed by atoms with E-state index in [1.54, 1.807) is 18.2 Å². The molecule has 1 saturated heterocycles. The molecule has 5 heteroatoms. The number of benzene rings is 1. The van der Waals surface area contributed by atoms with Gasteiger partial charge in [-0.25, -0.2) is 13.6 Å². The largest absolute Gasteiger partial charge is 0.378 e. The fraction of sp³-hybridized carbons (Fsp3) is 0.500. The molecule has 17 heavy (non-hydrogen) atoms. The molecule has 1 heterocycles. The molecule has 1 atom stereocenters. The zero-order valence-corrected chi connectivity index (χ0v) is 10.4. The first-order valence-electron chi connectivity index (χ1n) is 5.79. The van der Waals surface area contributed by atoms with E-state index in [9.17, 15) is 8.42 Å². The first-order valence-corrected chi connectivity index (χ1v) is 7.34. The van der Waals surface area contributed by atoms with Gasteiger partial charge in [-0.1, -0.05) is 18.2 Å². The van der Waals surface area contributed by atoms with E-state index in [1.807, 2.05) is 6.07 Å². The quantitative estimate of drug-likeness (QED) is 0.888. The lowest BCUT2D eigenvalue weighted by Crippen LogP contribution is -2.23. The predicted molar refractivity (Wildman–Crippen MR) is 65.1 cm³/mol. The molecule has 0 saturated carbocycles. The Hall–Kier alpha value is -0.910. The second-order valence-electron chi connectivity index (χ2n) is 4.35. The molecule has 94 valence electrons. The van der Waals surface area contributed by atoms with Crippen LogP contribution in [0.25, 0.3) is 0 Å². The standard InChI is InChI=1S/C12H17NO3S/c13-17(14,15)12-7-2-1-5-10(12)9-11-6-3-4-8-16-11/h1-2,5,7,11H,3-4,6,8-9H2,(H2,13,14,15). The van der Waals surface area contributed by atoms with Gasteiger partial charge in [0.25, 0.3) is 0 Å². The summed E-state index contributed by atoms with van der Waals surface area (Å²) in [5, 5.41) is 5.19. The summed E-state index contributed by atoms with van der Waals surface area (Å²) in [7, 11) is -3.64. The van der Waals surface area contributed by atoms with Gasteiger partial charge in [-0.2, -0.15) is 0 Å². The van der Waals surface area contributed by atoms with Gasteiger partial charge in [-0.15, -0.1) is 0 Å². The van der Waals surface area contributed by atoms with Crippen molar-refractivity contribution in [2.45, 2.75) is 36.7 Å². The van der Waals surface area contributed by atoms with Crippen LogP contribution in [0.15, 0.2) is 29.2 Å². The van der Waals surface area contributed by atoms with Crippen LogP contribution >= 0.6 is 0 Å². The van der Waals surface area contributed by atoms with Gasteiger partial charge < -0.3 is 4.74 Å². The number of rotatable bonds is 3. The third-order valence-electron chi connectivity index (χ3n) is 3.00. The van der Waals surface area contributed by atoms with Crippen LogP contribution < -0.4 is 5.14 Å². The molecule has 0 radical (unpaired) electrons. The highest BCUT2D eigenvalue weighted by Gasteiger charge is 2.19. The van der Waals surface area contributed by atoms with E-state index in [0.717, 1.165) is 31.4 Å². The molecule has 1 aromatic carbocycles. The molecule has 2 rings (SSSR count). The first kappa shape index (κ1) is 12.5. The summed E-state index contributed by atoms with van der Waals surface area (Å²) < 4.78 is 28.5. The van der Waals surface area contributed by atoms with Crippen molar-refractivity contribution in [1.29, 1.82) is 0 Å². The maximum absolute atomic E-state index is 11.4. The molecule has 0 bridgehead atoms. The number of hydrogen-bond donors (Lipinski definition) is 1. The van der Waals surface area contributed by atoms with Crippen LogP contribution in [0.3, 0.4) is 0 Å². The van der Waals surface area contributed by atoms with Gasteiger partial charge >= 0.3 is 0 Å². The molecule has 1 aromatic rings. The van der Waals surface area contributed by atoms with Crippen LogP contribution in [-0.4, -0.2) is 21.1 Å². The highest BCUT2D eigenvalue weighted by Crippen LogP contribution is 2.21. The normalized spacial score (nSPS) is 21.4. The fourth-order valence-electron chi connectivity index (χ4n) is 2.16. The Labute approximate surface area is 102 Å². The van der Waals surface area contributed by atoms with Crippen LogP contribution in [0.5, 0.6) is 0 Å². The van der Waals surface area contributed by atoms with Crippen LogP contribution in [0, 0.1) is 0 Å². The number of hydrogen-bond acceptors (Lipinski definition) is 3. The van der Waals surface area contributed by atoms with Crippen molar-refractivity contribution in [3.8, 4) is 0 Å². The van der Waals surface area contributed by atoms with E-state index in [-0.39, 0.29) is 11.0 Å². The van der Waals surface area contributed by atoms with E-state index < -0.39 is 10.0 Å². The van der Waals surface area contributed by atoms with Crippen molar-refractivity contribution in [3.05, 3.63) is 29.8 Å². The number of nitrogens with two attached hydrogens (primary N) is 1. The maximum atomic E-state index is 11.4. The second kappa shape index (κ2) is 5.16. The van der Waals surface area contributed by atoms with Gasteiger partial charge in [0.15, 0.2) is 0 Å². The highest BCUT2D eigenvalue weighted by atomic mass is 32.2. The molecule has 1 fully saturated rings. The average molecular weight is 255 g/mol. The van der Waals surface area contributed by atoms with Gasteiger partial charge in [-0.3, -0.25) is 0 Å². The van der Waals surface area contributed by atoms with E-state index in [1.165, 1.54) is 0 Å². The summed E-state index contributed by atoms with van der Waals surface area (Å²) in [6.45, 7) is 0.766. The molecule has 0 aromatic heterocycles. The molecule has 0 amide bonds. The van der Waals surface area contributed by atoms with Gasteiger partial charge in [0.1, 0.15) is 0 Å². The Bertz CT molecular complexity index is 478. The first-order chi connectivity index (χ1) is 8.07. The summed E-state index contributed by atoms with van der Waals surface area (Å²) in [5.41, 5.74) is 0.752. The van der Waals surface area contributed by atoms with Gasteiger partial charge in [0.05, 0.1) is 11.0 Å². The molecular weight excluding hydrogens is 238 g/mol. The molecule has 1 aliphatic rings. The minimum Gasteiger partial charge on any atom is -0.378 e. The third kappa shape index (κ3) is 3.28. The predicted octanol–water partition coefficient (Wildman–Crippen LogP) is 1.45. The van der Waals surface area contributed by atoms with Crippen LogP contribution in [0.4, 0.5) is 0 Å². The van der Waals surface area contributed by atoms with E-state index in [4.69, 9.17) is 9.88 Å². The summed E-state index contributed by atoms with van der Waals surface area (Å²) in [6, 6.07) is 6.86. The van der Waals surface area contributed by atoms with Crippen molar-refractivity contribution < 1.29 is 13.2 Å². The Morgan fingerprint density at radius 1 is 1.29 bits per heavy atom. The average Bonchev–Trinajstić information content (AvgIpc) is 2.30. The fourth-order valence-corrected chi connectivity index (χ4v) is 2.95. The van der Waals surface area contributed by atoms with E-state index >= 15 is 0 Å². The Balaban J connectivity index is 2.20. The van der Waals surface area contributed by atoms with E-state index in [2.05, 4.69) is 0 Å². The minimum absolute atomic E-state index is 0.117. The molecule has 1 aliphatic heterocycles. The molecule has 1 unspecified atom stereocenters. The van der Waals surface area contributed by atoms with Crippen LogP contribution in [-0.2, 0) is 21.2 Å². The lowest BCUT2D eigenvalue weighted by molar-refractivity contribution is 0.0164. The highest BCUT2D eigenvalue weighted by molar-refractivity contribution is 7.89. The summed E-state index contributed by atoms with van der Waals surface area (Å²) in [4.78, 5) is 0.217. The SMILES string of the molecule is NS(=O)(=O)c1ccccc1CC1CCCCO1. The smallest absolute Gasteiger partial charge is 0.238 e. The number of primary sulfonamides is 1.